The molecule has 1 unspecified atom stereocenters. The molecule has 1 N–H and O–H groups in total. The Morgan fingerprint density at radius 2 is 1.79 bits per heavy atom. The average molecular weight is 468 g/mol. The van der Waals surface area contributed by atoms with E-state index in [9.17, 15) is 18.0 Å². The third kappa shape index (κ3) is 4.48. The number of nitrogens with one attached hydrogen (secondary N) is 1. The SMILES string of the molecule is Cc1nc2c(c(COCc3ccccc3)nn2C(c2ccc(C(F)(F)F)cc2)C2CC2)c(=O)[nH]1. The summed E-state index contributed by atoms with van der Waals surface area (Å²) in [6.07, 6.45) is -2.55. The summed E-state index contributed by atoms with van der Waals surface area (Å²) >= 11 is 0. The average Bonchev–Trinajstić information content (AvgIpc) is 3.57. The lowest BCUT2D eigenvalue weighted by Crippen LogP contribution is -2.17. The summed E-state index contributed by atoms with van der Waals surface area (Å²) in [5.41, 5.74) is 1.56. The van der Waals surface area contributed by atoms with Crippen LogP contribution < -0.4 is 5.56 Å². The molecule has 2 aromatic heterocycles. The van der Waals surface area contributed by atoms with Crippen molar-refractivity contribution in [2.24, 2.45) is 5.92 Å². The Balaban J connectivity index is 1.53. The second kappa shape index (κ2) is 8.72. The van der Waals surface area contributed by atoms with Crippen LogP contribution in [0.5, 0.6) is 0 Å². The van der Waals surface area contributed by atoms with E-state index < -0.39 is 11.7 Å². The van der Waals surface area contributed by atoms with Gasteiger partial charge in [-0.2, -0.15) is 18.3 Å². The molecule has 2 aromatic carbocycles. The van der Waals surface area contributed by atoms with Gasteiger partial charge in [-0.3, -0.25) is 4.79 Å². The molecule has 0 amide bonds. The van der Waals surface area contributed by atoms with Gasteiger partial charge in [0.05, 0.1) is 24.8 Å². The Hall–Kier alpha value is -3.46. The smallest absolute Gasteiger partial charge is 0.370 e. The van der Waals surface area contributed by atoms with Crippen LogP contribution in [-0.2, 0) is 24.1 Å². The second-order valence-electron chi connectivity index (χ2n) is 8.62. The lowest BCUT2D eigenvalue weighted by Gasteiger charge is -2.19. The summed E-state index contributed by atoms with van der Waals surface area (Å²) in [6.45, 7) is 2.15. The molecule has 1 aliphatic rings. The van der Waals surface area contributed by atoms with Crippen LogP contribution in [-0.4, -0.2) is 19.7 Å². The maximum Gasteiger partial charge on any atom is 0.416 e. The standard InChI is InChI=1S/C25H23F3N4O2/c1-15-29-23-21(24(33)30-15)20(14-34-13-16-5-3-2-4-6-16)31-32(23)22(17-7-8-17)18-9-11-19(12-10-18)25(26,27)28/h2-6,9-12,17,22H,7-8,13-14H2,1H3,(H,29,30,33). The predicted molar refractivity (Wildman–Crippen MR) is 120 cm³/mol. The summed E-state index contributed by atoms with van der Waals surface area (Å²) < 4.78 is 46.8. The van der Waals surface area contributed by atoms with Crippen LogP contribution in [0, 0.1) is 12.8 Å². The van der Waals surface area contributed by atoms with E-state index in [2.05, 4.69) is 9.97 Å². The molecule has 6 nitrogen and oxygen atoms in total. The highest BCUT2D eigenvalue weighted by atomic mass is 19.4. The Morgan fingerprint density at radius 3 is 2.44 bits per heavy atom. The van der Waals surface area contributed by atoms with Gasteiger partial charge in [-0.1, -0.05) is 42.5 Å². The second-order valence-corrected chi connectivity index (χ2v) is 8.62. The predicted octanol–water partition coefficient (Wildman–Crippen LogP) is 5.16. The van der Waals surface area contributed by atoms with Crippen molar-refractivity contribution in [2.75, 3.05) is 0 Å². The number of benzene rings is 2. The number of hydrogen-bond donors (Lipinski definition) is 1. The zero-order valence-corrected chi connectivity index (χ0v) is 18.5. The first kappa shape index (κ1) is 22.3. The van der Waals surface area contributed by atoms with Crippen molar-refractivity contribution >= 4 is 11.0 Å². The summed E-state index contributed by atoms with van der Waals surface area (Å²) in [4.78, 5) is 20.1. The number of halogens is 3. The van der Waals surface area contributed by atoms with E-state index in [-0.39, 0.29) is 24.1 Å². The lowest BCUT2D eigenvalue weighted by atomic mass is 10.0. The minimum atomic E-state index is -4.40. The van der Waals surface area contributed by atoms with E-state index in [0.717, 1.165) is 30.5 Å². The molecule has 4 aromatic rings. The van der Waals surface area contributed by atoms with E-state index in [4.69, 9.17) is 9.84 Å². The zero-order chi connectivity index (χ0) is 23.9. The Morgan fingerprint density at radius 1 is 1.09 bits per heavy atom. The third-order valence-electron chi connectivity index (χ3n) is 6.01. The number of hydrogen-bond acceptors (Lipinski definition) is 4. The topological polar surface area (TPSA) is 72.8 Å². The molecule has 34 heavy (non-hydrogen) atoms. The molecule has 2 heterocycles. The molecule has 1 aliphatic carbocycles. The summed E-state index contributed by atoms with van der Waals surface area (Å²) in [7, 11) is 0. The summed E-state index contributed by atoms with van der Waals surface area (Å²) in [6, 6.07) is 14.5. The summed E-state index contributed by atoms with van der Waals surface area (Å²) in [5, 5.41) is 5.06. The number of alkyl halides is 3. The van der Waals surface area contributed by atoms with Crippen molar-refractivity contribution < 1.29 is 17.9 Å². The first-order chi connectivity index (χ1) is 16.3. The number of aryl methyl sites for hydroxylation is 1. The molecule has 0 spiro atoms. The van der Waals surface area contributed by atoms with Gasteiger partial charge in [-0.25, -0.2) is 9.67 Å². The molecule has 1 fully saturated rings. The van der Waals surface area contributed by atoms with Gasteiger partial charge in [0.1, 0.15) is 16.9 Å². The highest BCUT2D eigenvalue weighted by molar-refractivity contribution is 5.77. The van der Waals surface area contributed by atoms with E-state index in [1.165, 1.54) is 12.1 Å². The molecule has 9 heteroatoms. The van der Waals surface area contributed by atoms with Gasteiger partial charge in [0.2, 0.25) is 0 Å². The molecule has 5 rings (SSSR count). The van der Waals surface area contributed by atoms with Crippen molar-refractivity contribution in [3.8, 4) is 0 Å². The monoisotopic (exact) mass is 468 g/mol. The highest BCUT2D eigenvalue weighted by Gasteiger charge is 2.37. The third-order valence-corrected chi connectivity index (χ3v) is 6.01. The van der Waals surface area contributed by atoms with Gasteiger partial charge in [0.25, 0.3) is 5.56 Å². The van der Waals surface area contributed by atoms with Crippen molar-refractivity contribution in [1.82, 2.24) is 19.7 Å². The van der Waals surface area contributed by atoms with Crippen LogP contribution in [0.1, 0.15) is 47.1 Å². The quantitative estimate of drug-likeness (QED) is 0.407. The maximum atomic E-state index is 13.1. The Labute approximate surface area is 193 Å². The molecule has 1 atom stereocenters. The fourth-order valence-electron chi connectivity index (χ4n) is 4.25. The van der Waals surface area contributed by atoms with E-state index in [1.54, 1.807) is 11.6 Å². The van der Waals surface area contributed by atoms with Gasteiger partial charge >= 0.3 is 6.18 Å². The molecule has 0 aliphatic heterocycles. The van der Waals surface area contributed by atoms with Gasteiger partial charge in [0.15, 0.2) is 5.65 Å². The fraction of sp³-hybridized carbons (Fsp3) is 0.320. The number of fused-ring (bicyclic) bond motifs is 1. The van der Waals surface area contributed by atoms with Crippen LogP contribution in [0.3, 0.4) is 0 Å². The molecular weight excluding hydrogens is 445 g/mol. The maximum absolute atomic E-state index is 13.1. The summed E-state index contributed by atoms with van der Waals surface area (Å²) in [5.74, 6) is 0.650. The molecule has 0 bridgehead atoms. The molecule has 0 saturated heterocycles. The van der Waals surface area contributed by atoms with Crippen LogP contribution in [0.4, 0.5) is 13.2 Å². The minimum absolute atomic E-state index is 0.108. The van der Waals surface area contributed by atoms with E-state index >= 15 is 0 Å². The zero-order valence-electron chi connectivity index (χ0n) is 18.5. The molecule has 176 valence electrons. The number of aromatic amines is 1. The molecule has 0 radical (unpaired) electrons. The van der Waals surface area contributed by atoms with Crippen LogP contribution >= 0.6 is 0 Å². The number of rotatable bonds is 7. The van der Waals surface area contributed by atoms with Crippen molar-refractivity contribution in [3.05, 3.63) is 93.2 Å². The van der Waals surface area contributed by atoms with Crippen LogP contribution in [0.2, 0.25) is 0 Å². The number of ether oxygens (including phenoxy) is 1. The molecular formula is C25H23F3N4O2. The van der Waals surface area contributed by atoms with Gasteiger partial charge in [-0.15, -0.1) is 0 Å². The largest absolute Gasteiger partial charge is 0.416 e. The Bertz CT molecular complexity index is 1360. The normalized spacial score (nSPS) is 15.1. The van der Waals surface area contributed by atoms with Crippen LogP contribution in [0.25, 0.3) is 11.0 Å². The van der Waals surface area contributed by atoms with E-state index in [1.807, 2.05) is 30.3 Å². The van der Waals surface area contributed by atoms with Gasteiger partial charge in [0, 0.05) is 0 Å². The highest BCUT2D eigenvalue weighted by Crippen LogP contribution is 2.44. The van der Waals surface area contributed by atoms with Crippen molar-refractivity contribution in [2.45, 2.75) is 45.2 Å². The first-order valence-electron chi connectivity index (χ1n) is 11.1. The Kier molecular flexibility index (Phi) is 5.73. The number of aromatic nitrogens is 4. The van der Waals surface area contributed by atoms with Crippen molar-refractivity contribution in [3.63, 3.8) is 0 Å². The van der Waals surface area contributed by atoms with Gasteiger partial charge in [-0.05, 0) is 48.9 Å². The van der Waals surface area contributed by atoms with Crippen molar-refractivity contribution in [1.29, 1.82) is 0 Å². The first-order valence-corrected chi connectivity index (χ1v) is 11.1. The van der Waals surface area contributed by atoms with Crippen LogP contribution in [0.15, 0.2) is 59.4 Å². The van der Waals surface area contributed by atoms with Gasteiger partial charge < -0.3 is 9.72 Å². The fourth-order valence-corrected chi connectivity index (χ4v) is 4.25. The lowest BCUT2D eigenvalue weighted by molar-refractivity contribution is -0.137. The molecule has 1 saturated carbocycles. The van der Waals surface area contributed by atoms with E-state index in [0.29, 0.717) is 34.7 Å². The minimum Gasteiger partial charge on any atom is -0.370 e. The number of H-pyrrole nitrogens is 1. The number of nitrogens with zero attached hydrogens (tertiary/aromatic N) is 3.